The van der Waals surface area contributed by atoms with Crippen LogP contribution in [0, 0.1) is 0 Å². The van der Waals surface area contributed by atoms with Crippen LogP contribution in [-0.4, -0.2) is 26.6 Å². The maximum atomic E-state index is 4.16. The lowest BCUT2D eigenvalue weighted by atomic mass is 10.5. The van der Waals surface area contributed by atoms with E-state index in [4.69, 9.17) is 0 Å². The van der Waals surface area contributed by atoms with Crippen molar-refractivity contribution in [2.45, 2.75) is 0 Å². The maximum absolute atomic E-state index is 4.16. The molecule has 0 amide bonds. The second-order valence-corrected chi connectivity index (χ2v) is 2.50. The van der Waals surface area contributed by atoms with Crippen LogP contribution in [0.2, 0.25) is 0 Å². The van der Waals surface area contributed by atoms with Crippen molar-refractivity contribution >= 4 is 17.0 Å². The molecule has 5 heteroatoms. The first-order chi connectivity index (χ1) is 5.83. The lowest BCUT2D eigenvalue weighted by molar-refractivity contribution is 0.928. The number of rotatable bonds is 1. The van der Waals surface area contributed by atoms with Gasteiger partial charge in [-0.05, 0) is 0 Å². The van der Waals surface area contributed by atoms with Gasteiger partial charge in [0.05, 0.1) is 6.33 Å². The van der Waals surface area contributed by atoms with E-state index in [1.165, 1.54) is 6.33 Å². The van der Waals surface area contributed by atoms with Gasteiger partial charge >= 0.3 is 0 Å². The summed E-state index contributed by atoms with van der Waals surface area (Å²) in [5.74, 6) is 0.764. The molecule has 2 heterocycles. The molecule has 0 bridgehead atoms. The number of hydrogen-bond donors (Lipinski definition) is 1. The molecule has 0 aromatic carbocycles. The third kappa shape index (κ3) is 0.827. The summed E-state index contributed by atoms with van der Waals surface area (Å²) in [5.41, 5.74) is 1.65. The summed E-state index contributed by atoms with van der Waals surface area (Å²) < 4.78 is 1.86. The number of aromatic nitrogens is 4. The van der Waals surface area contributed by atoms with Crippen LogP contribution in [0.25, 0.3) is 11.2 Å². The highest BCUT2D eigenvalue weighted by Gasteiger charge is 2.05. The first-order valence-corrected chi connectivity index (χ1v) is 3.62. The molecular weight excluding hydrogens is 154 g/mol. The van der Waals surface area contributed by atoms with Gasteiger partial charge in [0.2, 0.25) is 0 Å². The topological polar surface area (TPSA) is 55.6 Å². The fourth-order valence-corrected chi connectivity index (χ4v) is 1.13. The Hall–Kier alpha value is -1.65. The average Bonchev–Trinajstić information content (AvgIpc) is 2.48. The number of hydrogen-bond acceptors (Lipinski definition) is 4. The second-order valence-electron chi connectivity index (χ2n) is 2.50. The summed E-state index contributed by atoms with van der Waals surface area (Å²) >= 11 is 0. The molecule has 0 radical (unpaired) electrons. The zero-order valence-electron chi connectivity index (χ0n) is 6.94. The van der Waals surface area contributed by atoms with E-state index in [9.17, 15) is 0 Å². The van der Waals surface area contributed by atoms with Crippen molar-refractivity contribution in [1.82, 2.24) is 19.5 Å². The SMILES string of the molecule is CNc1ncnc2c1ncn2C. The van der Waals surface area contributed by atoms with Gasteiger partial charge in [-0.3, -0.25) is 0 Å². The Morgan fingerprint density at radius 3 is 2.92 bits per heavy atom. The summed E-state index contributed by atoms with van der Waals surface area (Å²) in [6.45, 7) is 0. The van der Waals surface area contributed by atoms with Gasteiger partial charge in [0.25, 0.3) is 0 Å². The van der Waals surface area contributed by atoms with Crippen LogP contribution in [-0.2, 0) is 7.05 Å². The Morgan fingerprint density at radius 1 is 1.33 bits per heavy atom. The van der Waals surface area contributed by atoms with E-state index in [1.807, 2.05) is 18.7 Å². The van der Waals surface area contributed by atoms with Crippen molar-refractivity contribution < 1.29 is 0 Å². The smallest absolute Gasteiger partial charge is 0.165 e. The van der Waals surface area contributed by atoms with Crippen LogP contribution in [0.15, 0.2) is 12.7 Å². The maximum Gasteiger partial charge on any atom is 0.165 e. The second kappa shape index (κ2) is 2.44. The third-order valence-corrected chi connectivity index (χ3v) is 1.73. The van der Waals surface area contributed by atoms with E-state index in [0.29, 0.717) is 0 Å². The standard InChI is InChI=1S/C7H9N5/c1-8-6-5-7(10-3-9-6)12(2)4-11-5/h3-4H,1-2H3,(H,8,9,10). The van der Waals surface area contributed by atoms with E-state index in [-0.39, 0.29) is 0 Å². The van der Waals surface area contributed by atoms with Crippen molar-refractivity contribution in [3.63, 3.8) is 0 Å². The van der Waals surface area contributed by atoms with Gasteiger partial charge in [0, 0.05) is 14.1 Å². The predicted molar refractivity (Wildman–Crippen MR) is 45.9 cm³/mol. The van der Waals surface area contributed by atoms with Crippen molar-refractivity contribution in [2.75, 3.05) is 12.4 Å². The van der Waals surface area contributed by atoms with Crippen LogP contribution < -0.4 is 5.32 Å². The molecule has 2 aromatic rings. The zero-order valence-corrected chi connectivity index (χ0v) is 6.94. The summed E-state index contributed by atoms with van der Waals surface area (Å²) in [4.78, 5) is 12.3. The number of aryl methyl sites for hydroxylation is 1. The number of nitrogens with zero attached hydrogens (tertiary/aromatic N) is 4. The van der Waals surface area contributed by atoms with E-state index in [2.05, 4.69) is 20.3 Å². The number of nitrogens with one attached hydrogen (secondary N) is 1. The van der Waals surface area contributed by atoms with Gasteiger partial charge in [0.1, 0.15) is 11.8 Å². The molecule has 2 rings (SSSR count). The lowest BCUT2D eigenvalue weighted by Gasteiger charge is -1.98. The quantitative estimate of drug-likeness (QED) is 0.661. The molecule has 0 saturated carbocycles. The van der Waals surface area contributed by atoms with E-state index < -0.39 is 0 Å². The predicted octanol–water partition coefficient (Wildman–Crippen LogP) is 0.405. The highest BCUT2D eigenvalue weighted by Crippen LogP contribution is 2.14. The van der Waals surface area contributed by atoms with Gasteiger partial charge in [-0.1, -0.05) is 0 Å². The third-order valence-electron chi connectivity index (χ3n) is 1.73. The minimum Gasteiger partial charge on any atom is -0.371 e. The Kier molecular flexibility index (Phi) is 1.43. The molecule has 0 aliphatic rings. The number of fused-ring (bicyclic) bond motifs is 1. The van der Waals surface area contributed by atoms with Crippen LogP contribution in [0.1, 0.15) is 0 Å². The minimum atomic E-state index is 0.764. The number of imidazole rings is 1. The van der Waals surface area contributed by atoms with Gasteiger partial charge in [-0.15, -0.1) is 0 Å². The zero-order chi connectivity index (χ0) is 8.55. The Labute approximate surface area is 69.5 Å². The minimum absolute atomic E-state index is 0.764. The molecule has 0 saturated heterocycles. The van der Waals surface area contributed by atoms with Crippen LogP contribution >= 0.6 is 0 Å². The normalized spacial score (nSPS) is 10.5. The summed E-state index contributed by atoms with van der Waals surface area (Å²) in [7, 11) is 3.72. The molecule has 62 valence electrons. The van der Waals surface area contributed by atoms with Gasteiger partial charge < -0.3 is 9.88 Å². The first-order valence-electron chi connectivity index (χ1n) is 3.62. The molecule has 0 spiro atoms. The molecule has 2 aromatic heterocycles. The Morgan fingerprint density at radius 2 is 2.17 bits per heavy atom. The molecule has 0 unspecified atom stereocenters. The van der Waals surface area contributed by atoms with E-state index >= 15 is 0 Å². The average molecular weight is 163 g/mol. The molecule has 12 heavy (non-hydrogen) atoms. The van der Waals surface area contributed by atoms with Crippen molar-refractivity contribution in [3.05, 3.63) is 12.7 Å². The van der Waals surface area contributed by atoms with E-state index in [1.54, 1.807) is 6.33 Å². The van der Waals surface area contributed by atoms with Crippen LogP contribution in [0.5, 0.6) is 0 Å². The van der Waals surface area contributed by atoms with E-state index in [0.717, 1.165) is 17.0 Å². The molecule has 5 nitrogen and oxygen atoms in total. The highest BCUT2D eigenvalue weighted by atomic mass is 15.1. The summed E-state index contributed by atoms with van der Waals surface area (Å²) in [6.07, 6.45) is 3.25. The van der Waals surface area contributed by atoms with Crippen molar-refractivity contribution in [3.8, 4) is 0 Å². The Bertz CT molecular complexity index is 405. The molecule has 0 atom stereocenters. The highest BCUT2D eigenvalue weighted by molar-refractivity contribution is 5.82. The molecule has 0 aliphatic heterocycles. The van der Waals surface area contributed by atoms with Crippen molar-refractivity contribution in [2.24, 2.45) is 7.05 Å². The van der Waals surface area contributed by atoms with Crippen LogP contribution in [0.4, 0.5) is 5.82 Å². The van der Waals surface area contributed by atoms with Crippen molar-refractivity contribution in [1.29, 1.82) is 0 Å². The lowest BCUT2D eigenvalue weighted by Crippen LogP contribution is -1.95. The largest absolute Gasteiger partial charge is 0.371 e. The number of anilines is 1. The van der Waals surface area contributed by atoms with Gasteiger partial charge in [0.15, 0.2) is 11.5 Å². The van der Waals surface area contributed by atoms with Gasteiger partial charge in [-0.25, -0.2) is 15.0 Å². The molecular formula is C7H9N5. The molecule has 0 fully saturated rings. The fourth-order valence-electron chi connectivity index (χ4n) is 1.13. The molecule has 0 aliphatic carbocycles. The summed E-state index contributed by atoms with van der Waals surface area (Å²) in [5, 5.41) is 2.96. The van der Waals surface area contributed by atoms with Gasteiger partial charge in [-0.2, -0.15) is 0 Å². The summed E-state index contributed by atoms with van der Waals surface area (Å²) in [6, 6.07) is 0. The van der Waals surface area contributed by atoms with Crippen LogP contribution in [0.3, 0.4) is 0 Å². The Balaban J connectivity index is 2.81. The fraction of sp³-hybridized carbons (Fsp3) is 0.286. The monoisotopic (exact) mass is 163 g/mol. The first kappa shape index (κ1) is 7.02. The molecule has 1 N–H and O–H groups in total.